The Morgan fingerprint density at radius 2 is 2.20 bits per heavy atom. The molecule has 0 bridgehead atoms. The van der Waals surface area contributed by atoms with Gasteiger partial charge in [-0.3, -0.25) is 0 Å². The Morgan fingerprint density at radius 3 is 2.80 bits per heavy atom. The summed E-state index contributed by atoms with van der Waals surface area (Å²) < 4.78 is 5.13. The molecular weight excluding hydrogens is 124 g/mol. The number of ether oxygens (including phenoxy) is 1. The van der Waals surface area contributed by atoms with Gasteiger partial charge in [0.1, 0.15) is 0 Å². The average molecular weight is 142 g/mol. The van der Waals surface area contributed by atoms with Gasteiger partial charge in [-0.15, -0.1) is 0 Å². The minimum absolute atomic E-state index is 0.855. The summed E-state index contributed by atoms with van der Waals surface area (Å²) in [7, 11) is 1.80. The van der Waals surface area contributed by atoms with E-state index in [0.717, 1.165) is 18.4 Å². The van der Waals surface area contributed by atoms with Crippen molar-refractivity contribution < 1.29 is 4.74 Å². The standard InChI is InChI=1S/C9H18O/c1-8-4-3-5-9(6-8)7-10-2/h8-9H,3-7H2,1-2H3/t8-,9-/m1/s1. The van der Waals surface area contributed by atoms with E-state index in [4.69, 9.17) is 4.74 Å². The summed E-state index contributed by atoms with van der Waals surface area (Å²) in [6, 6.07) is 0. The smallest absolute Gasteiger partial charge is 0.0490 e. The molecule has 1 rings (SSSR count). The van der Waals surface area contributed by atoms with Gasteiger partial charge >= 0.3 is 0 Å². The fourth-order valence-electron chi connectivity index (χ4n) is 1.95. The van der Waals surface area contributed by atoms with Gasteiger partial charge in [-0.05, 0) is 24.7 Å². The van der Waals surface area contributed by atoms with Crippen molar-refractivity contribution in [3.8, 4) is 0 Å². The van der Waals surface area contributed by atoms with E-state index in [1.807, 2.05) is 0 Å². The normalized spacial score (nSPS) is 34.2. The van der Waals surface area contributed by atoms with Crippen molar-refractivity contribution >= 4 is 0 Å². The van der Waals surface area contributed by atoms with Gasteiger partial charge in [-0.2, -0.15) is 0 Å². The molecule has 1 fully saturated rings. The molecule has 2 atom stereocenters. The van der Waals surface area contributed by atoms with E-state index >= 15 is 0 Å². The van der Waals surface area contributed by atoms with Crippen LogP contribution in [0.1, 0.15) is 32.6 Å². The van der Waals surface area contributed by atoms with Crippen LogP contribution in [0, 0.1) is 11.8 Å². The zero-order chi connectivity index (χ0) is 7.40. The van der Waals surface area contributed by atoms with Crippen molar-refractivity contribution in [3.63, 3.8) is 0 Å². The monoisotopic (exact) mass is 142 g/mol. The third kappa shape index (κ3) is 2.30. The van der Waals surface area contributed by atoms with E-state index in [1.54, 1.807) is 7.11 Å². The van der Waals surface area contributed by atoms with E-state index in [0.29, 0.717) is 0 Å². The maximum Gasteiger partial charge on any atom is 0.0490 e. The zero-order valence-corrected chi connectivity index (χ0v) is 7.10. The van der Waals surface area contributed by atoms with Crippen molar-refractivity contribution in [2.45, 2.75) is 32.6 Å². The second-order valence-electron chi connectivity index (χ2n) is 3.59. The number of methoxy groups -OCH3 is 1. The molecule has 0 N–H and O–H groups in total. The summed E-state index contributed by atoms with van der Waals surface area (Å²) in [6.45, 7) is 3.33. The first-order valence-electron chi connectivity index (χ1n) is 4.32. The molecule has 0 amide bonds. The summed E-state index contributed by atoms with van der Waals surface area (Å²) in [5.74, 6) is 1.79. The molecule has 0 aromatic carbocycles. The quantitative estimate of drug-likeness (QED) is 0.575. The molecule has 1 aliphatic carbocycles. The SMILES string of the molecule is COC[C@@H]1CCC[C@@H](C)C1. The molecule has 0 radical (unpaired) electrons. The van der Waals surface area contributed by atoms with Crippen LogP contribution in [-0.2, 0) is 4.74 Å². The lowest BCUT2D eigenvalue weighted by molar-refractivity contribution is 0.117. The Kier molecular flexibility index (Phi) is 3.20. The second kappa shape index (κ2) is 3.97. The molecule has 0 aromatic heterocycles. The molecule has 0 aliphatic heterocycles. The highest BCUT2D eigenvalue weighted by atomic mass is 16.5. The molecular formula is C9H18O. The van der Waals surface area contributed by atoms with Gasteiger partial charge in [0.2, 0.25) is 0 Å². The lowest BCUT2D eigenvalue weighted by Gasteiger charge is -2.25. The third-order valence-corrected chi connectivity index (χ3v) is 2.45. The first-order valence-corrected chi connectivity index (χ1v) is 4.32. The van der Waals surface area contributed by atoms with Crippen LogP contribution in [0.2, 0.25) is 0 Å². The van der Waals surface area contributed by atoms with E-state index in [9.17, 15) is 0 Å². The first-order chi connectivity index (χ1) is 4.83. The van der Waals surface area contributed by atoms with Crippen LogP contribution in [0.15, 0.2) is 0 Å². The van der Waals surface area contributed by atoms with E-state index in [2.05, 4.69) is 6.92 Å². The lowest BCUT2D eigenvalue weighted by atomic mass is 9.83. The molecule has 0 spiro atoms. The van der Waals surface area contributed by atoms with Gasteiger partial charge in [-0.25, -0.2) is 0 Å². The molecule has 0 unspecified atom stereocenters. The summed E-state index contributed by atoms with van der Waals surface area (Å²) in [5, 5.41) is 0. The van der Waals surface area contributed by atoms with Gasteiger partial charge in [0.25, 0.3) is 0 Å². The molecule has 0 heterocycles. The van der Waals surface area contributed by atoms with Crippen molar-refractivity contribution in [1.82, 2.24) is 0 Å². The molecule has 10 heavy (non-hydrogen) atoms. The molecule has 0 aromatic rings. The molecule has 1 saturated carbocycles. The molecule has 1 nitrogen and oxygen atoms in total. The predicted octanol–water partition coefficient (Wildman–Crippen LogP) is 2.46. The van der Waals surface area contributed by atoms with Crippen LogP contribution >= 0.6 is 0 Å². The second-order valence-corrected chi connectivity index (χ2v) is 3.59. The Hall–Kier alpha value is -0.0400. The van der Waals surface area contributed by atoms with E-state index in [-0.39, 0.29) is 0 Å². The minimum atomic E-state index is 0.855. The highest BCUT2D eigenvalue weighted by Gasteiger charge is 2.17. The number of rotatable bonds is 2. The van der Waals surface area contributed by atoms with Crippen molar-refractivity contribution in [2.24, 2.45) is 11.8 Å². The Morgan fingerprint density at radius 1 is 1.40 bits per heavy atom. The molecule has 60 valence electrons. The average Bonchev–Trinajstić information content (AvgIpc) is 1.88. The van der Waals surface area contributed by atoms with Crippen molar-refractivity contribution in [1.29, 1.82) is 0 Å². The first kappa shape index (κ1) is 8.06. The van der Waals surface area contributed by atoms with E-state index < -0.39 is 0 Å². The van der Waals surface area contributed by atoms with Gasteiger partial charge in [-0.1, -0.05) is 19.8 Å². The van der Waals surface area contributed by atoms with Gasteiger partial charge in [0.15, 0.2) is 0 Å². The topological polar surface area (TPSA) is 9.23 Å². The summed E-state index contributed by atoms with van der Waals surface area (Å²) in [5.41, 5.74) is 0. The van der Waals surface area contributed by atoms with Crippen LogP contribution in [0.25, 0.3) is 0 Å². The van der Waals surface area contributed by atoms with Crippen LogP contribution in [0.3, 0.4) is 0 Å². The minimum Gasteiger partial charge on any atom is -0.384 e. The zero-order valence-electron chi connectivity index (χ0n) is 7.10. The fraction of sp³-hybridized carbons (Fsp3) is 1.00. The Bertz CT molecular complexity index is 88.7. The third-order valence-electron chi connectivity index (χ3n) is 2.45. The van der Waals surface area contributed by atoms with Crippen molar-refractivity contribution in [2.75, 3.05) is 13.7 Å². The van der Waals surface area contributed by atoms with E-state index in [1.165, 1.54) is 25.7 Å². The Balaban J connectivity index is 2.18. The molecule has 0 saturated heterocycles. The highest BCUT2D eigenvalue weighted by Crippen LogP contribution is 2.28. The summed E-state index contributed by atoms with van der Waals surface area (Å²) in [4.78, 5) is 0. The van der Waals surface area contributed by atoms with Crippen LogP contribution in [-0.4, -0.2) is 13.7 Å². The van der Waals surface area contributed by atoms with Crippen molar-refractivity contribution in [3.05, 3.63) is 0 Å². The van der Waals surface area contributed by atoms with Crippen LogP contribution < -0.4 is 0 Å². The molecule has 1 heteroatoms. The van der Waals surface area contributed by atoms with Gasteiger partial charge in [0.05, 0.1) is 0 Å². The van der Waals surface area contributed by atoms with Crippen LogP contribution in [0.4, 0.5) is 0 Å². The number of hydrogen-bond donors (Lipinski definition) is 0. The summed E-state index contributed by atoms with van der Waals surface area (Å²) in [6.07, 6.45) is 5.61. The predicted molar refractivity (Wildman–Crippen MR) is 43.0 cm³/mol. The lowest BCUT2D eigenvalue weighted by Crippen LogP contribution is -2.17. The number of hydrogen-bond acceptors (Lipinski definition) is 1. The maximum atomic E-state index is 5.13. The summed E-state index contributed by atoms with van der Waals surface area (Å²) >= 11 is 0. The fourth-order valence-corrected chi connectivity index (χ4v) is 1.95. The maximum absolute atomic E-state index is 5.13. The van der Waals surface area contributed by atoms with Gasteiger partial charge in [0, 0.05) is 13.7 Å². The van der Waals surface area contributed by atoms with Crippen LogP contribution in [0.5, 0.6) is 0 Å². The highest BCUT2D eigenvalue weighted by molar-refractivity contribution is 4.69. The largest absolute Gasteiger partial charge is 0.384 e. The Labute approximate surface area is 63.8 Å². The molecule has 1 aliphatic rings. The van der Waals surface area contributed by atoms with Gasteiger partial charge < -0.3 is 4.74 Å².